The minimum atomic E-state index is -0.843. The van der Waals surface area contributed by atoms with Gasteiger partial charge in [-0.05, 0) is 31.9 Å². The largest absolute Gasteiger partial charge is 0.478 e. The van der Waals surface area contributed by atoms with Crippen LogP contribution in [-0.2, 0) is 22.4 Å². The summed E-state index contributed by atoms with van der Waals surface area (Å²) in [5.41, 5.74) is 3.20. The zero-order valence-corrected chi connectivity index (χ0v) is 9.29. The number of aryl methyl sites for hydroxylation is 3. The van der Waals surface area contributed by atoms with Crippen molar-refractivity contribution in [1.29, 1.82) is 0 Å². The summed E-state index contributed by atoms with van der Waals surface area (Å²) in [7, 11) is 0. The van der Waals surface area contributed by atoms with Crippen molar-refractivity contribution in [2.75, 3.05) is 0 Å². The van der Waals surface area contributed by atoms with Crippen molar-refractivity contribution in [2.45, 2.75) is 20.8 Å². The van der Waals surface area contributed by atoms with Crippen molar-refractivity contribution < 1.29 is 32.3 Å². The first-order valence-electron chi connectivity index (χ1n) is 3.83. The number of carboxylic acids is 1. The van der Waals surface area contributed by atoms with Crippen molar-refractivity contribution >= 4 is 5.97 Å². The van der Waals surface area contributed by atoms with Gasteiger partial charge >= 0.3 is 5.97 Å². The Labute approximate surface area is 93.5 Å². The molecule has 0 aliphatic heterocycles. The van der Waals surface area contributed by atoms with Crippen LogP contribution in [0.2, 0.25) is 0 Å². The average Bonchev–Trinajstić information content (AvgIpc) is 1.82. The molecule has 13 heavy (non-hydrogen) atoms. The maximum Gasteiger partial charge on any atom is 0.336 e. The van der Waals surface area contributed by atoms with Crippen LogP contribution in [-0.4, -0.2) is 11.1 Å². The molecule has 1 rings (SSSR count). The standard InChI is InChI=1S/C10H12O2.Ag/c1-6-4-7(2)9(10(11)12)8(3)5-6;/h4-5H,1-3H3,(H,11,12);. The van der Waals surface area contributed by atoms with Gasteiger partial charge in [-0.15, -0.1) is 0 Å². The third-order valence-corrected chi connectivity index (χ3v) is 1.89. The molecule has 1 aromatic carbocycles. The van der Waals surface area contributed by atoms with Crippen molar-refractivity contribution in [3.05, 3.63) is 34.4 Å². The Morgan fingerprint density at radius 3 is 1.85 bits per heavy atom. The Morgan fingerprint density at radius 2 is 1.54 bits per heavy atom. The minimum Gasteiger partial charge on any atom is -0.478 e. The van der Waals surface area contributed by atoms with Crippen LogP contribution >= 0.6 is 0 Å². The quantitative estimate of drug-likeness (QED) is 0.796. The average molecular weight is 272 g/mol. The van der Waals surface area contributed by atoms with E-state index in [0.717, 1.165) is 16.7 Å². The van der Waals surface area contributed by atoms with E-state index in [-0.39, 0.29) is 22.4 Å². The van der Waals surface area contributed by atoms with Gasteiger partial charge in [-0.1, -0.05) is 17.7 Å². The molecule has 0 atom stereocenters. The zero-order valence-electron chi connectivity index (χ0n) is 7.81. The number of carbonyl (C=O) groups is 1. The molecule has 1 N–H and O–H groups in total. The number of aromatic carboxylic acids is 1. The first-order valence-corrected chi connectivity index (χ1v) is 3.83. The molecule has 1 radical (unpaired) electrons. The van der Waals surface area contributed by atoms with E-state index in [1.165, 1.54) is 0 Å². The second kappa shape index (κ2) is 4.61. The van der Waals surface area contributed by atoms with Crippen LogP contribution in [0.5, 0.6) is 0 Å². The second-order valence-corrected chi connectivity index (χ2v) is 3.08. The van der Waals surface area contributed by atoms with E-state index < -0.39 is 5.97 Å². The minimum absolute atomic E-state index is 0. The molecule has 0 saturated heterocycles. The molecule has 0 aliphatic rings. The van der Waals surface area contributed by atoms with Gasteiger partial charge in [-0.2, -0.15) is 0 Å². The number of rotatable bonds is 1. The van der Waals surface area contributed by atoms with E-state index >= 15 is 0 Å². The topological polar surface area (TPSA) is 37.3 Å². The Morgan fingerprint density at radius 1 is 1.15 bits per heavy atom. The number of carboxylic acid groups (broad SMARTS) is 1. The van der Waals surface area contributed by atoms with Gasteiger partial charge in [0.2, 0.25) is 0 Å². The molecule has 2 nitrogen and oxygen atoms in total. The van der Waals surface area contributed by atoms with Crippen LogP contribution < -0.4 is 0 Å². The van der Waals surface area contributed by atoms with E-state index in [2.05, 4.69) is 0 Å². The summed E-state index contributed by atoms with van der Waals surface area (Å²) in [4.78, 5) is 10.8. The van der Waals surface area contributed by atoms with Crippen molar-refractivity contribution in [3.63, 3.8) is 0 Å². The SMILES string of the molecule is Cc1cc(C)c(C(=O)O)c(C)c1.[Ag]. The number of hydrogen-bond acceptors (Lipinski definition) is 1. The Hall–Kier alpha value is -0.570. The van der Waals surface area contributed by atoms with Crippen molar-refractivity contribution in [1.82, 2.24) is 0 Å². The molecular weight excluding hydrogens is 260 g/mol. The summed E-state index contributed by atoms with van der Waals surface area (Å²) in [6.07, 6.45) is 0. The van der Waals surface area contributed by atoms with Gasteiger partial charge in [0.05, 0.1) is 5.56 Å². The van der Waals surface area contributed by atoms with Crippen LogP contribution in [0.3, 0.4) is 0 Å². The molecular formula is C10H12AgO2. The summed E-state index contributed by atoms with van der Waals surface area (Å²) in [5, 5.41) is 8.84. The maximum atomic E-state index is 10.8. The fraction of sp³-hybridized carbons (Fsp3) is 0.300. The van der Waals surface area contributed by atoms with E-state index in [1.807, 2.05) is 32.9 Å². The molecule has 3 heteroatoms. The fourth-order valence-electron chi connectivity index (χ4n) is 1.52. The van der Waals surface area contributed by atoms with Gasteiger partial charge in [0, 0.05) is 22.4 Å². The first-order chi connectivity index (χ1) is 5.52. The Bertz CT molecular complexity index is 309. The zero-order chi connectivity index (χ0) is 9.30. The van der Waals surface area contributed by atoms with E-state index in [4.69, 9.17) is 5.11 Å². The van der Waals surface area contributed by atoms with Crippen LogP contribution in [0.15, 0.2) is 12.1 Å². The van der Waals surface area contributed by atoms with Gasteiger partial charge in [-0.3, -0.25) is 0 Å². The first kappa shape index (κ1) is 12.4. The predicted octanol–water partition coefficient (Wildman–Crippen LogP) is 2.31. The maximum absolute atomic E-state index is 10.8. The molecule has 0 bridgehead atoms. The molecule has 0 aliphatic carbocycles. The predicted molar refractivity (Wildman–Crippen MR) is 47.6 cm³/mol. The van der Waals surface area contributed by atoms with Crippen LogP contribution in [0.25, 0.3) is 0 Å². The van der Waals surface area contributed by atoms with Crippen LogP contribution in [0, 0.1) is 20.8 Å². The third-order valence-electron chi connectivity index (χ3n) is 1.89. The van der Waals surface area contributed by atoms with Gasteiger partial charge in [-0.25, -0.2) is 4.79 Å². The fourth-order valence-corrected chi connectivity index (χ4v) is 1.52. The summed E-state index contributed by atoms with van der Waals surface area (Å²) < 4.78 is 0. The molecule has 0 spiro atoms. The van der Waals surface area contributed by atoms with Crippen molar-refractivity contribution in [2.24, 2.45) is 0 Å². The molecule has 0 aromatic heterocycles. The van der Waals surface area contributed by atoms with E-state index in [9.17, 15) is 4.79 Å². The van der Waals surface area contributed by atoms with Gasteiger partial charge in [0.1, 0.15) is 0 Å². The van der Waals surface area contributed by atoms with Crippen molar-refractivity contribution in [3.8, 4) is 0 Å². The molecule has 0 amide bonds. The second-order valence-electron chi connectivity index (χ2n) is 3.08. The van der Waals surface area contributed by atoms with E-state index in [1.54, 1.807) is 0 Å². The summed E-state index contributed by atoms with van der Waals surface area (Å²) in [5.74, 6) is -0.843. The summed E-state index contributed by atoms with van der Waals surface area (Å²) in [6, 6.07) is 3.77. The molecule has 0 heterocycles. The molecule has 0 saturated carbocycles. The van der Waals surface area contributed by atoms with Gasteiger partial charge < -0.3 is 5.11 Å². The van der Waals surface area contributed by atoms with Gasteiger partial charge in [0.25, 0.3) is 0 Å². The Kier molecular flexibility index (Phi) is 4.40. The van der Waals surface area contributed by atoms with E-state index in [0.29, 0.717) is 5.56 Å². The Balaban J connectivity index is 0.00000144. The van der Waals surface area contributed by atoms with Crippen LogP contribution in [0.4, 0.5) is 0 Å². The monoisotopic (exact) mass is 271 g/mol. The number of benzene rings is 1. The molecule has 75 valence electrons. The summed E-state index contributed by atoms with van der Waals surface area (Å²) in [6.45, 7) is 5.61. The van der Waals surface area contributed by atoms with Crippen LogP contribution in [0.1, 0.15) is 27.0 Å². The molecule has 0 fully saturated rings. The molecule has 1 aromatic rings. The van der Waals surface area contributed by atoms with Gasteiger partial charge in [0.15, 0.2) is 0 Å². The summed E-state index contributed by atoms with van der Waals surface area (Å²) >= 11 is 0. The third kappa shape index (κ3) is 2.69. The normalized spacial score (nSPS) is 9.15. The molecule has 0 unspecified atom stereocenters. The number of hydrogen-bond donors (Lipinski definition) is 1. The smallest absolute Gasteiger partial charge is 0.336 e.